The Balaban J connectivity index is 2.75. The molecule has 2 aromatic rings. The van der Waals surface area contributed by atoms with E-state index in [1.807, 2.05) is 20.8 Å². The van der Waals surface area contributed by atoms with Gasteiger partial charge in [-0.05, 0) is 37.5 Å². The van der Waals surface area contributed by atoms with Crippen molar-refractivity contribution >= 4 is 21.9 Å². The Morgan fingerprint density at radius 1 is 1.30 bits per heavy atom. The third-order valence-corrected chi connectivity index (χ3v) is 4.60. The molecular weight excluding hydrogens is 324 g/mol. The van der Waals surface area contributed by atoms with Crippen LogP contribution in [-0.2, 0) is 0 Å². The summed E-state index contributed by atoms with van der Waals surface area (Å²) in [5.41, 5.74) is 4.53. The van der Waals surface area contributed by atoms with Gasteiger partial charge in [0.25, 0.3) is 0 Å². The van der Waals surface area contributed by atoms with Crippen LogP contribution in [-0.4, -0.2) is 28.2 Å². The molecule has 2 N–H and O–H groups in total. The van der Waals surface area contributed by atoms with Crippen molar-refractivity contribution < 1.29 is 14.6 Å². The first kappa shape index (κ1) is 14.6. The number of carboxylic acid groups (broad SMARTS) is 1. The standard InChI is InChI=1S/C14H15BrN2O3/c1-6-7(2)12(20-4)10(8(3)11(6)15)9-5-16-13(17-9)14(18)19/h5H,1-4H3,(H,16,17)(H,18,19). The van der Waals surface area contributed by atoms with Crippen LogP contribution in [0.5, 0.6) is 5.75 Å². The summed E-state index contributed by atoms with van der Waals surface area (Å²) in [6.45, 7) is 5.93. The van der Waals surface area contributed by atoms with E-state index in [1.165, 1.54) is 6.20 Å². The predicted molar refractivity (Wildman–Crippen MR) is 79.4 cm³/mol. The number of rotatable bonds is 3. The van der Waals surface area contributed by atoms with Gasteiger partial charge in [-0.2, -0.15) is 0 Å². The number of benzene rings is 1. The number of hydrogen-bond donors (Lipinski definition) is 2. The summed E-state index contributed by atoms with van der Waals surface area (Å²) in [4.78, 5) is 17.6. The molecule has 0 fully saturated rings. The van der Waals surface area contributed by atoms with E-state index in [0.717, 1.165) is 32.5 Å². The zero-order chi connectivity index (χ0) is 15.0. The number of nitrogens with zero attached hydrogens (tertiary/aromatic N) is 1. The third-order valence-electron chi connectivity index (χ3n) is 3.42. The fraction of sp³-hybridized carbons (Fsp3) is 0.286. The Morgan fingerprint density at radius 3 is 2.45 bits per heavy atom. The van der Waals surface area contributed by atoms with Crippen molar-refractivity contribution in [3.63, 3.8) is 0 Å². The van der Waals surface area contributed by atoms with Crippen LogP contribution in [0.2, 0.25) is 0 Å². The quantitative estimate of drug-likeness (QED) is 0.898. The van der Waals surface area contributed by atoms with Gasteiger partial charge >= 0.3 is 5.97 Å². The van der Waals surface area contributed by atoms with Crippen molar-refractivity contribution in [2.75, 3.05) is 7.11 Å². The van der Waals surface area contributed by atoms with Crippen molar-refractivity contribution in [1.82, 2.24) is 9.97 Å². The van der Waals surface area contributed by atoms with Gasteiger partial charge in [-0.3, -0.25) is 0 Å². The molecule has 0 spiro atoms. The van der Waals surface area contributed by atoms with Crippen LogP contribution >= 0.6 is 15.9 Å². The van der Waals surface area contributed by atoms with Gasteiger partial charge < -0.3 is 14.8 Å². The van der Waals surface area contributed by atoms with Gasteiger partial charge in [0, 0.05) is 10.0 Å². The van der Waals surface area contributed by atoms with Crippen LogP contribution in [0.3, 0.4) is 0 Å². The Bertz CT molecular complexity index is 692. The summed E-state index contributed by atoms with van der Waals surface area (Å²) in [5, 5.41) is 8.96. The molecule has 0 radical (unpaired) electrons. The Labute approximate surface area is 125 Å². The van der Waals surface area contributed by atoms with Crippen LogP contribution in [0, 0.1) is 20.8 Å². The minimum atomic E-state index is -1.09. The number of ether oxygens (including phenoxy) is 1. The molecule has 2 rings (SSSR count). The number of hydrogen-bond acceptors (Lipinski definition) is 3. The molecule has 0 aliphatic rings. The Morgan fingerprint density at radius 2 is 1.95 bits per heavy atom. The Hall–Kier alpha value is -1.82. The zero-order valence-electron chi connectivity index (χ0n) is 11.7. The molecule has 0 unspecified atom stereocenters. The first-order valence-corrected chi connectivity index (χ1v) is 6.79. The second kappa shape index (κ2) is 5.28. The van der Waals surface area contributed by atoms with E-state index in [2.05, 4.69) is 25.9 Å². The van der Waals surface area contributed by atoms with Crippen LogP contribution in [0.4, 0.5) is 0 Å². The minimum absolute atomic E-state index is 0.0872. The minimum Gasteiger partial charge on any atom is -0.496 e. The van der Waals surface area contributed by atoms with Crippen LogP contribution in [0.1, 0.15) is 27.3 Å². The summed E-state index contributed by atoms with van der Waals surface area (Å²) >= 11 is 3.57. The fourth-order valence-electron chi connectivity index (χ4n) is 2.22. The highest BCUT2D eigenvalue weighted by molar-refractivity contribution is 9.10. The Kier molecular flexibility index (Phi) is 3.85. The van der Waals surface area contributed by atoms with Gasteiger partial charge in [-0.15, -0.1) is 0 Å². The molecule has 20 heavy (non-hydrogen) atoms. The number of aromatic nitrogens is 2. The van der Waals surface area contributed by atoms with Crippen molar-refractivity contribution in [1.29, 1.82) is 0 Å². The molecule has 1 aromatic carbocycles. The molecule has 6 heteroatoms. The lowest BCUT2D eigenvalue weighted by Gasteiger charge is -2.17. The highest BCUT2D eigenvalue weighted by Gasteiger charge is 2.20. The van der Waals surface area contributed by atoms with E-state index in [0.29, 0.717) is 5.69 Å². The number of aromatic amines is 1. The van der Waals surface area contributed by atoms with Crippen LogP contribution < -0.4 is 4.74 Å². The van der Waals surface area contributed by atoms with E-state index < -0.39 is 5.97 Å². The first-order chi connectivity index (χ1) is 9.38. The van der Waals surface area contributed by atoms with Crippen molar-refractivity contribution in [3.8, 4) is 17.0 Å². The summed E-state index contributed by atoms with van der Waals surface area (Å²) in [5.74, 6) is -0.449. The van der Waals surface area contributed by atoms with E-state index in [-0.39, 0.29) is 5.82 Å². The molecule has 0 amide bonds. The number of H-pyrrole nitrogens is 1. The average molecular weight is 339 g/mol. The van der Waals surface area contributed by atoms with Gasteiger partial charge in [0.15, 0.2) is 0 Å². The maximum atomic E-state index is 10.9. The molecule has 1 aromatic heterocycles. The lowest BCUT2D eigenvalue weighted by atomic mass is 9.97. The normalized spacial score (nSPS) is 10.7. The van der Waals surface area contributed by atoms with Crippen molar-refractivity contribution in [2.45, 2.75) is 20.8 Å². The van der Waals surface area contributed by atoms with E-state index >= 15 is 0 Å². The number of halogens is 1. The van der Waals surface area contributed by atoms with Crippen LogP contribution in [0.15, 0.2) is 10.7 Å². The lowest BCUT2D eigenvalue weighted by molar-refractivity contribution is 0.0685. The second-order valence-electron chi connectivity index (χ2n) is 4.55. The monoisotopic (exact) mass is 338 g/mol. The summed E-state index contributed by atoms with van der Waals surface area (Å²) in [6.07, 6.45) is 1.51. The van der Waals surface area contributed by atoms with E-state index in [4.69, 9.17) is 9.84 Å². The first-order valence-electron chi connectivity index (χ1n) is 6.00. The number of imidazole rings is 1. The maximum Gasteiger partial charge on any atom is 0.371 e. The average Bonchev–Trinajstić information content (AvgIpc) is 2.89. The molecule has 0 aliphatic heterocycles. The van der Waals surface area contributed by atoms with Crippen molar-refractivity contribution in [3.05, 3.63) is 33.2 Å². The van der Waals surface area contributed by atoms with E-state index in [1.54, 1.807) is 7.11 Å². The molecule has 5 nitrogen and oxygen atoms in total. The smallest absolute Gasteiger partial charge is 0.371 e. The summed E-state index contributed by atoms with van der Waals surface area (Å²) in [6, 6.07) is 0. The third kappa shape index (κ3) is 2.20. The highest BCUT2D eigenvalue weighted by Crippen LogP contribution is 2.41. The largest absolute Gasteiger partial charge is 0.496 e. The SMILES string of the molecule is COc1c(C)c(C)c(Br)c(C)c1-c1cnc(C(=O)O)[nH]1. The molecule has 106 valence electrons. The number of methoxy groups -OCH3 is 1. The molecule has 0 bridgehead atoms. The number of aromatic carboxylic acids is 1. The molecule has 0 saturated carbocycles. The van der Waals surface area contributed by atoms with E-state index in [9.17, 15) is 4.79 Å². The molecule has 0 aliphatic carbocycles. The fourth-order valence-corrected chi connectivity index (χ4v) is 2.72. The van der Waals surface area contributed by atoms with Gasteiger partial charge in [0.1, 0.15) is 5.75 Å². The molecule has 0 atom stereocenters. The highest BCUT2D eigenvalue weighted by atomic mass is 79.9. The number of carbonyl (C=O) groups is 1. The van der Waals surface area contributed by atoms with Gasteiger partial charge in [-0.25, -0.2) is 9.78 Å². The topological polar surface area (TPSA) is 75.2 Å². The molecular formula is C14H15BrN2O3. The predicted octanol–water partition coefficient (Wildman–Crippen LogP) is 3.47. The maximum absolute atomic E-state index is 10.9. The number of carboxylic acids is 1. The molecule has 0 saturated heterocycles. The van der Waals surface area contributed by atoms with Crippen LogP contribution in [0.25, 0.3) is 11.3 Å². The van der Waals surface area contributed by atoms with Gasteiger partial charge in [0.2, 0.25) is 5.82 Å². The second-order valence-corrected chi connectivity index (χ2v) is 5.34. The summed E-state index contributed by atoms with van der Waals surface area (Å²) in [7, 11) is 1.60. The zero-order valence-corrected chi connectivity index (χ0v) is 13.3. The van der Waals surface area contributed by atoms with Crippen molar-refractivity contribution in [2.24, 2.45) is 0 Å². The summed E-state index contributed by atoms with van der Waals surface area (Å²) < 4.78 is 6.48. The lowest BCUT2D eigenvalue weighted by Crippen LogP contribution is -2.00. The molecule has 1 heterocycles. The van der Waals surface area contributed by atoms with Gasteiger partial charge in [-0.1, -0.05) is 15.9 Å². The van der Waals surface area contributed by atoms with Gasteiger partial charge in [0.05, 0.1) is 19.0 Å². The number of nitrogens with one attached hydrogen (secondary N) is 1.